The lowest BCUT2D eigenvalue weighted by atomic mass is 10.0. The van der Waals surface area contributed by atoms with E-state index in [1.54, 1.807) is 18.2 Å². The summed E-state index contributed by atoms with van der Waals surface area (Å²) < 4.78 is 11.7. The molecule has 6 nitrogen and oxygen atoms in total. The van der Waals surface area contributed by atoms with Gasteiger partial charge < -0.3 is 14.6 Å². The number of nitrogens with zero attached hydrogens (tertiary/aromatic N) is 1. The summed E-state index contributed by atoms with van der Waals surface area (Å²) in [4.78, 5) is 10.7. The van der Waals surface area contributed by atoms with Crippen molar-refractivity contribution in [3.8, 4) is 0 Å². The summed E-state index contributed by atoms with van der Waals surface area (Å²) in [5, 5.41) is 20.6. The summed E-state index contributed by atoms with van der Waals surface area (Å²) >= 11 is 0. The highest BCUT2D eigenvalue weighted by Gasteiger charge is 2.47. The molecule has 1 aromatic rings. The van der Waals surface area contributed by atoms with Crippen molar-refractivity contribution in [2.75, 3.05) is 6.61 Å². The predicted molar refractivity (Wildman–Crippen MR) is 72.2 cm³/mol. The van der Waals surface area contributed by atoms with Crippen LogP contribution in [0.15, 0.2) is 24.3 Å². The van der Waals surface area contributed by atoms with Gasteiger partial charge in [-0.2, -0.15) is 0 Å². The molecule has 0 unspecified atom stereocenters. The summed E-state index contributed by atoms with van der Waals surface area (Å²) in [7, 11) is 0. The fraction of sp³-hybridized carbons (Fsp3) is 0.571. The van der Waals surface area contributed by atoms with Crippen molar-refractivity contribution in [2.24, 2.45) is 0 Å². The monoisotopic (exact) mass is 281 g/mol. The van der Waals surface area contributed by atoms with E-state index >= 15 is 0 Å². The van der Waals surface area contributed by atoms with Gasteiger partial charge in [0.2, 0.25) is 0 Å². The number of nitro groups is 1. The molecule has 2 atom stereocenters. The lowest BCUT2D eigenvalue weighted by Crippen LogP contribution is -2.29. The van der Waals surface area contributed by atoms with Gasteiger partial charge in [-0.25, -0.2) is 0 Å². The molecular formula is C14H19NO5. The summed E-state index contributed by atoms with van der Waals surface area (Å²) in [6, 6.07) is 6.41. The Morgan fingerprint density at radius 2 is 1.95 bits per heavy atom. The van der Waals surface area contributed by atoms with Crippen LogP contribution >= 0.6 is 0 Å². The summed E-state index contributed by atoms with van der Waals surface area (Å²) in [5.41, 5.74) is 0.433. The number of nitro benzene ring substituents is 1. The Morgan fingerprint density at radius 1 is 1.30 bits per heavy atom. The second kappa shape index (κ2) is 5.87. The van der Waals surface area contributed by atoms with Gasteiger partial charge in [0.05, 0.1) is 17.1 Å². The number of hydrogen-bond acceptors (Lipinski definition) is 5. The van der Waals surface area contributed by atoms with E-state index < -0.39 is 22.9 Å². The Kier molecular flexibility index (Phi) is 4.37. The molecule has 0 saturated carbocycles. The van der Waals surface area contributed by atoms with E-state index in [4.69, 9.17) is 9.47 Å². The van der Waals surface area contributed by atoms with E-state index in [0.29, 0.717) is 18.4 Å². The van der Waals surface area contributed by atoms with Gasteiger partial charge in [0.25, 0.3) is 5.69 Å². The van der Waals surface area contributed by atoms with Crippen LogP contribution in [0, 0.1) is 10.1 Å². The fourth-order valence-electron chi connectivity index (χ4n) is 2.55. The lowest BCUT2D eigenvalue weighted by Gasteiger charge is -2.25. The molecule has 0 bridgehead atoms. The normalized spacial score (nSPS) is 24.8. The van der Waals surface area contributed by atoms with E-state index in [9.17, 15) is 15.2 Å². The smallest absolute Gasteiger partial charge is 0.275 e. The second-order valence-corrected chi connectivity index (χ2v) is 4.81. The molecule has 2 rings (SSSR count). The first-order valence-electron chi connectivity index (χ1n) is 6.76. The minimum Gasteiger partial charge on any atom is -0.394 e. The molecular weight excluding hydrogens is 262 g/mol. The molecule has 20 heavy (non-hydrogen) atoms. The van der Waals surface area contributed by atoms with Gasteiger partial charge >= 0.3 is 0 Å². The third kappa shape index (κ3) is 2.54. The van der Waals surface area contributed by atoms with E-state index in [2.05, 4.69) is 0 Å². The summed E-state index contributed by atoms with van der Waals surface area (Å²) in [6.45, 7) is 3.62. The van der Waals surface area contributed by atoms with E-state index in [0.717, 1.165) is 0 Å². The Labute approximate surface area is 117 Å². The van der Waals surface area contributed by atoms with Gasteiger partial charge in [-0.1, -0.05) is 26.0 Å². The molecule has 1 saturated heterocycles. The van der Waals surface area contributed by atoms with Crippen LogP contribution in [0.3, 0.4) is 0 Å². The fourth-order valence-corrected chi connectivity index (χ4v) is 2.55. The third-order valence-corrected chi connectivity index (χ3v) is 3.74. The van der Waals surface area contributed by atoms with Crippen LogP contribution in [0.4, 0.5) is 5.69 Å². The lowest BCUT2D eigenvalue weighted by molar-refractivity contribution is -0.386. The van der Waals surface area contributed by atoms with Crippen molar-refractivity contribution in [3.05, 3.63) is 39.9 Å². The number of hydrogen-bond donors (Lipinski definition) is 1. The minimum absolute atomic E-state index is 0.0115. The molecule has 0 aliphatic carbocycles. The van der Waals surface area contributed by atoms with Crippen molar-refractivity contribution >= 4 is 5.69 Å². The number of aliphatic hydroxyl groups is 1. The molecule has 1 aliphatic rings. The average Bonchev–Trinajstić information content (AvgIpc) is 2.87. The molecule has 0 radical (unpaired) electrons. The third-order valence-electron chi connectivity index (χ3n) is 3.74. The molecule has 0 amide bonds. The molecule has 0 aromatic heterocycles. The summed E-state index contributed by atoms with van der Waals surface area (Å²) in [5.74, 6) is -0.776. The first-order valence-corrected chi connectivity index (χ1v) is 6.76. The van der Waals surface area contributed by atoms with Crippen molar-refractivity contribution in [3.63, 3.8) is 0 Å². The van der Waals surface area contributed by atoms with Gasteiger partial charge in [-0.3, -0.25) is 10.1 Å². The number of rotatable bonds is 5. The van der Waals surface area contributed by atoms with Crippen molar-refractivity contribution in [1.82, 2.24) is 0 Å². The maximum absolute atomic E-state index is 11.1. The highest BCUT2D eigenvalue weighted by atomic mass is 16.8. The van der Waals surface area contributed by atoms with Crippen LogP contribution in [0.1, 0.15) is 38.4 Å². The topological polar surface area (TPSA) is 81.8 Å². The second-order valence-electron chi connectivity index (χ2n) is 4.81. The van der Waals surface area contributed by atoms with E-state index in [1.165, 1.54) is 6.07 Å². The van der Waals surface area contributed by atoms with Crippen molar-refractivity contribution < 1.29 is 19.5 Å². The molecule has 1 aliphatic heterocycles. The highest BCUT2D eigenvalue weighted by Crippen LogP contribution is 2.44. The van der Waals surface area contributed by atoms with E-state index in [1.807, 2.05) is 13.8 Å². The SMILES string of the molecule is CCC1(CC)O[C@H](c2ccccc2[N+](=O)[O-])[C@@H](CO)O1. The molecule has 110 valence electrons. The first kappa shape index (κ1) is 14.9. The molecule has 1 heterocycles. The number of benzene rings is 1. The van der Waals surface area contributed by atoms with Crippen LogP contribution in [-0.2, 0) is 9.47 Å². The first-order chi connectivity index (χ1) is 9.56. The largest absolute Gasteiger partial charge is 0.394 e. The van der Waals surface area contributed by atoms with Crippen LogP contribution in [0.25, 0.3) is 0 Å². The zero-order valence-corrected chi connectivity index (χ0v) is 11.6. The molecule has 1 aromatic carbocycles. The quantitative estimate of drug-likeness (QED) is 0.662. The average molecular weight is 281 g/mol. The number of aliphatic hydroxyl groups excluding tert-OH is 1. The number of para-hydroxylation sites is 1. The van der Waals surface area contributed by atoms with Crippen LogP contribution in [-0.4, -0.2) is 28.5 Å². The summed E-state index contributed by atoms with van der Waals surface area (Å²) in [6.07, 6.45) is 0.0337. The van der Waals surface area contributed by atoms with Crippen LogP contribution < -0.4 is 0 Å². The van der Waals surface area contributed by atoms with Crippen LogP contribution in [0.2, 0.25) is 0 Å². The van der Waals surface area contributed by atoms with Gasteiger partial charge in [-0.15, -0.1) is 0 Å². The standard InChI is InChI=1S/C14H19NO5/c1-3-14(4-2)19-12(9-16)13(20-14)10-7-5-6-8-11(10)15(17)18/h5-8,12-13,16H,3-4,9H2,1-2H3/t12-,13-/m1/s1. The Balaban J connectivity index is 2.39. The Morgan fingerprint density at radius 3 is 2.50 bits per heavy atom. The maximum Gasteiger partial charge on any atom is 0.275 e. The zero-order chi connectivity index (χ0) is 14.8. The minimum atomic E-state index is -0.776. The predicted octanol–water partition coefficient (Wildman–Crippen LogP) is 2.56. The maximum atomic E-state index is 11.1. The highest BCUT2D eigenvalue weighted by molar-refractivity contribution is 5.42. The molecule has 1 fully saturated rings. The van der Waals surface area contributed by atoms with Gasteiger partial charge in [0, 0.05) is 6.07 Å². The Hall–Kier alpha value is -1.50. The molecule has 0 spiro atoms. The van der Waals surface area contributed by atoms with Gasteiger partial charge in [-0.05, 0) is 18.9 Å². The number of ether oxygens (including phenoxy) is 2. The van der Waals surface area contributed by atoms with Crippen LogP contribution in [0.5, 0.6) is 0 Å². The molecule has 1 N–H and O–H groups in total. The molecule has 6 heteroatoms. The van der Waals surface area contributed by atoms with Gasteiger partial charge in [0.15, 0.2) is 5.79 Å². The van der Waals surface area contributed by atoms with Crippen molar-refractivity contribution in [2.45, 2.75) is 44.7 Å². The van der Waals surface area contributed by atoms with Crippen molar-refractivity contribution in [1.29, 1.82) is 0 Å². The zero-order valence-electron chi connectivity index (χ0n) is 11.6. The van der Waals surface area contributed by atoms with E-state index in [-0.39, 0.29) is 12.3 Å². The van der Waals surface area contributed by atoms with Gasteiger partial charge in [0.1, 0.15) is 12.2 Å². The Bertz CT molecular complexity index is 486.